The van der Waals surface area contributed by atoms with E-state index < -0.39 is 5.97 Å². The highest BCUT2D eigenvalue weighted by atomic mass is 16.5. The van der Waals surface area contributed by atoms with Crippen molar-refractivity contribution >= 4 is 11.5 Å². The number of hydrogen-bond acceptors (Lipinski definition) is 4. The number of aromatic nitrogens is 1. The average Bonchev–Trinajstić information content (AvgIpc) is 2.35. The molecule has 0 amide bonds. The smallest absolute Gasteiger partial charge is 0.328 e. The molecule has 0 saturated carbocycles. The summed E-state index contributed by atoms with van der Waals surface area (Å²) in [4.78, 5) is 14.8. The van der Waals surface area contributed by atoms with E-state index in [0.717, 1.165) is 6.08 Å². The average molecular weight is 237 g/mol. The Balaban J connectivity index is 3.24. The van der Waals surface area contributed by atoms with Crippen LogP contribution in [0, 0.1) is 0 Å². The Labute approximate surface area is 99.7 Å². The molecule has 0 spiro atoms. The third-order valence-corrected chi connectivity index (χ3v) is 2.26. The molecule has 17 heavy (non-hydrogen) atoms. The van der Waals surface area contributed by atoms with Crippen molar-refractivity contribution in [2.75, 3.05) is 14.2 Å². The highest BCUT2D eigenvalue weighted by Gasteiger charge is 2.11. The van der Waals surface area contributed by atoms with Crippen LogP contribution in [0.4, 0.5) is 0 Å². The molecular weight excluding hydrogens is 222 g/mol. The fraction of sp³-hybridized carbons (Fsp3) is 0.333. The Morgan fingerprint density at radius 1 is 1.41 bits per heavy atom. The SMILES string of the molecule is CCC(=CC(=O)O)c1ccc(OC)nc1OC. The summed E-state index contributed by atoms with van der Waals surface area (Å²) in [6.07, 6.45) is 1.74. The first-order chi connectivity index (χ1) is 8.12. The van der Waals surface area contributed by atoms with E-state index in [-0.39, 0.29) is 0 Å². The lowest BCUT2D eigenvalue weighted by molar-refractivity contribution is -0.131. The van der Waals surface area contributed by atoms with Gasteiger partial charge in [0.1, 0.15) is 0 Å². The van der Waals surface area contributed by atoms with E-state index >= 15 is 0 Å². The van der Waals surface area contributed by atoms with Crippen LogP contribution < -0.4 is 9.47 Å². The van der Waals surface area contributed by atoms with Crippen molar-refractivity contribution in [3.05, 3.63) is 23.8 Å². The first-order valence-electron chi connectivity index (χ1n) is 5.15. The second kappa shape index (κ2) is 5.89. The molecule has 1 N–H and O–H groups in total. The second-order valence-corrected chi connectivity index (χ2v) is 3.27. The zero-order valence-corrected chi connectivity index (χ0v) is 10.1. The first-order valence-corrected chi connectivity index (χ1v) is 5.15. The summed E-state index contributed by atoms with van der Waals surface area (Å²) in [5.41, 5.74) is 1.32. The van der Waals surface area contributed by atoms with E-state index in [9.17, 15) is 4.79 Å². The zero-order valence-electron chi connectivity index (χ0n) is 10.1. The number of carbonyl (C=O) groups is 1. The highest BCUT2D eigenvalue weighted by Crippen LogP contribution is 2.28. The molecule has 0 unspecified atom stereocenters. The van der Waals surface area contributed by atoms with Gasteiger partial charge < -0.3 is 14.6 Å². The van der Waals surface area contributed by atoms with Gasteiger partial charge in [-0.05, 0) is 18.1 Å². The maximum atomic E-state index is 10.7. The summed E-state index contributed by atoms with van der Waals surface area (Å²) in [6.45, 7) is 1.87. The van der Waals surface area contributed by atoms with E-state index in [1.54, 1.807) is 12.1 Å². The normalized spacial score (nSPS) is 11.1. The molecule has 0 aliphatic rings. The summed E-state index contributed by atoms with van der Waals surface area (Å²) in [5.74, 6) is -0.199. The van der Waals surface area contributed by atoms with Crippen LogP contribution in [0.1, 0.15) is 18.9 Å². The van der Waals surface area contributed by atoms with E-state index in [4.69, 9.17) is 14.6 Å². The molecule has 5 nitrogen and oxygen atoms in total. The van der Waals surface area contributed by atoms with Crippen LogP contribution in [0.2, 0.25) is 0 Å². The lowest BCUT2D eigenvalue weighted by Gasteiger charge is -2.10. The third-order valence-electron chi connectivity index (χ3n) is 2.26. The standard InChI is InChI=1S/C12H15NO4/c1-4-8(7-11(14)15)9-5-6-10(16-2)13-12(9)17-3/h5-7H,4H2,1-3H3,(H,14,15). The molecule has 0 aromatic carbocycles. The van der Waals surface area contributed by atoms with Crippen LogP contribution >= 0.6 is 0 Å². The zero-order chi connectivity index (χ0) is 12.8. The lowest BCUT2D eigenvalue weighted by Crippen LogP contribution is -1.99. The second-order valence-electron chi connectivity index (χ2n) is 3.27. The van der Waals surface area contributed by atoms with Gasteiger partial charge in [0, 0.05) is 17.7 Å². The topological polar surface area (TPSA) is 68.7 Å². The van der Waals surface area contributed by atoms with Crippen LogP contribution in [-0.4, -0.2) is 30.3 Å². The van der Waals surface area contributed by atoms with Crippen LogP contribution in [0.15, 0.2) is 18.2 Å². The molecule has 1 heterocycles. The molecule has 5 heteroatoms. The number of carboxylic acid groups (broad SMARTS) is 1. The summed E-state index contributed by atoms with van der Waals surface area (Å²) < 4.78 is 10.1. The maximum Gasteiger partial charge on any atom is 0.328 e. The Hall–Kier alpha value is -2.04. The lowest BCUT2D eigenvalue weighted by atomic mass is 10.0. The van der Waals surface area contributed by atoms with E-state index in [0.29, 0.717) is 29.3 Å². The molecule has 0 bridgehead atoms. The van der Waals surface area contributed by atoms with Gasteiger partial charge in [0.2, 0.25) is 11.8 Å². The van der Waals surface area contributed by atoms with Crippen LogP contribution in [0.25, 0.3) is 5.57 Å². The predicted octanol–water partition coefficient (Wildman–Crippen LogP) is 1.98. The highest BCUT2D eigenvalue weighted by molar-refractivity contribution is 5.90. The minimum atomic E-state index is -0.986. The maximum absolute atomic E-state index is 10.7. The van der Waals surface area contributed by atoms with Gasteiger partial charge in [-0.2, -0.15) is 4.98 Å². The Kier molecular flexibility index (Phi) is 4.51. The molecular formula is C12H15NO4. The quantitative estimate of drug-likeness (QED) is 0.793. The monoisotopic (exact) mass is 237 g/mol. The number of carboxylic acids is 1. The van der Waals surface area contributed by atoms with Gasteiger partial charge in [-0.15, -0.1) is 0 Å². The Morgan fingerprint density at radius 2 is 2.12 bits per heavy atom. The van der Waals surface area contributed by atoms with Gasteiger partial charge in [0.15, 0.2) is 0 Å². The molecule has 1 rings (SSSR count). The van der Waals surface area contributed by atoms with Crippen LogP contribution in [0.3, 0.4) is 0 Å². The molecule has 1 aromatic rings. The summed E-state index contributed by atoms with van der Waals surface area (Å²) in [6, 6.07) is 3.41. The summed E-state index contributed by atoms with van der Waals surface area (Å²) in [7, 11) is 2.99. The molecule has 0 aliphatic carbocycles. The number of nitrogens with zero attached hydrogens (tertiary/aromatic N) is 1. The largest absolute Gasteiger partial charge is 0.481 e. The van der Waals surface area contributed by atoms with Crippen LogP contribution in [0.5, 0.6) is 11.8 Å². The first kappa shape index (κ1) is 13.0. The number of rotatable bonds is 5. The predicted molar refractivity (Wildman–Crippen MR) is 63.2 cm³/mol. The van der Waals surface area contributed by atoms with Crippen molar-refractivity contribution in [2.45, 2.75) is 13.3 Å². The van der Waals surface area contributed by atoms with E-state index in [2.05, 4.69) is 4.98 Å². The number of methoxy groups -OCH3 is 2. The van der Waals surface area contributed by atoms with Crippen molar-refractivity contribution in [2.24, 2.45) is 0 Å². The number of aliphatic carboxylic acids is 1. The van der Waals surface area contributed by atoms with E-state index in [1.165, 1.54) is 14.2 Å². The minimum Gasteiger partial charge on any atom is -0.481 e. The van der Waals surface area contributed by atoms with Crippen molar-refractivity contribution in [1.82, 2.24) is 4.98 Å². The molecule has 0 fully saturated rings. The van der Waals surface area contributed by atoms with Crippen LogP contribution in [-0.2, 0) is 4.79 Å². The van der Waals surface area contributed by atoms with Gasteiger partial charge in [0.25, 0.3) is 0 Å². The van der Waals surface area contributed by atoms with Crippen molar-refractivity contribution in [3.8, 4) is 11.8 Å². The summed E-state index contributed by atoms with van der Waals surface area (Å²) in [5, 5.41) is 8.78. The van der Waals surface area contributed by atoms with Gasteiger partial charge in [-0.3, -0.25) is 0 Å². The number of allylic oxidation sites excluding steroid dienone is 1. The van der Waals surface area contributed by atoms with Gasteiger partial charge in [-0.25, -0.2) is 4.79 Å². The summed E-state index contributed by atoms with van der Waals surface area (Å²) >= 11 is 0. The van der Waals surface area contributed by atoms with Gasteiger partial charge in [0.05, 0.1) is 14.2 Å². The van der Waals surface area contributed by atoms with Gasteiger partial charge >= 0.3 is 5.97 Å². The van der Waals surface area contributed by atoms with Crippen molar-refractivity contribution < 1.29 is 19.4 Å². The fourth-order valence-corrected chi connectivity index (χ4v) is 1.46. The van der Waals surface area contributed by atoms with E-state index in [1.807, 2.05) is 6.92 Å². The Morgan fingerprint density at radius 3 is 2.59 bits per heavy atom. The number of pyridine rings is 1. The van der Waals surface area contributed by atoms with Crippen molar-refractivity contribution in [1.29, 1.82) is 0 Å². The van der Waals surface area contributed by atoms with Gasteiger partial charge in [-0.1, -0.05) is 6.92 Å². The number of hydrogen-bond donors (Lipinski definition) is 1. The molecule has 0 saturated heterocycles. The number of ether oxygens (including phenoxy) is 2. The van der Waals surface area contributed by atoms with Crippen molar-refractivity contribution in [3.63, 3.8) is 0 Å². The minimum absolute atomic E-state index is 0.360. The molecule has 92 valence electrons. The third kappa shape index (κ3) is 3.21. The molecule has 1 aromatic heterocycles. The molecule has 0 atom stereocenters. The Bertz CT molecular complexity index is 440. The molecule has 0 aliphatic heterocycles. The fourth-order valence-electron chi connectivity index (χ4n) is 1.46. The molecule has 0 radical (unpaired) electrons.